The summed E-state index contributed by atoms with van der Waals surface area (Å²) in [5.74, 6) is 0. The maximum atomic E-state index is 9.53. The van der Waals surface area contributed by atoms with Crippen LogP contribution in [0.5, 0.6) is 0 Å². The molecular formula is C25H16N4S. The smallest absolute Gasteiger partial charge is 0.195 e. The molecule has 1 heterocycles. The van der Waals surface area contributed by atoms with Crippen LogP contribution in [0, 0.1) is 22.7 Å². The van der Waals surface area contributed by atoms with E-state index >= 15 is 0 Å². The summed E-state index contributed by atoms with van der Waals surface area (Å²) in [5.41, 5.74) is 3.45. The van der Waals surface area contributed by atoms with Gasteiger partial charge in [-0.15, -0.1) is 0 Å². The number of para-hydroxylation sites is 2. The van der Waals surface area contributed by atoms with Gasteiger partial charge in [0, 0.05) is 23.1 Å². The molecule has 0 bridgehead atoms. The first-order valence-electron chi connectivity index (χ1n) is 9.28. The molecule has 3 aromatic carbocycles. The molecule has 5 heteroatoms. The van der Waals surface area contributed by atoms with Crippen LogP contribution in [-0.2, 0) is 0 Å². The van der Waals surface area contributed by atoms with Crippen molar-refractivity contribution in [1.29, 1.82) is 10.5 Å². The minimum absolute atomic E-state index is 0.0716. The fourth-order valence-electron chi connectivity index (χ4n) is 3.16. The molecular weight excluding hydrogens is 388 g/mol. The highest BCUT2D eigenvalue weighted by molar-refractivity contribution is 7.16. The van der Waals surface area contributed by atoms with Gasteiger partial charge in [0.1, 0.15) is 17.7 Å². The number of nitriles is 2. The van der Waals surface area contributed by atoms with Crippen LogP contribution in [-0.4, -0.2) is 4.98 Å². The van der Waals surface area contributed by atoms with Gasteiger partial charge in [0.2, 0.25) is 0 Å². The highest BCUT2D eigenvalue weighted by Gasteiger charge is 2.19. The van der Waals surface area contributed by atoms with Crippen molar-refractivity contribution in [2.24, 2.45) is 0 Å². The fourth-order valence-corrected chi connectivity index (χ4v) is 4.19. The van der Waals surface area contributed by atoms with Crippen LogP contribution in [0.25, 0.3) is 5.57 Å². The second-order valence-electron chi connectivity index (χ2n) is 6.35. The van der Waals surface area contributed by atoms with E-state index in [4.69, 9.17) is 0 Å². The standard InChI is InChI=1S/C25H16N4S/c26-16-20(17-27)24(19-10-4-1-5-11-19)23-18-28-25(30-23)29(21-12-6-2-7-13-21)22-14-8-3-9-15-22/h1-15,18H. The number of hydrogen-bond acceptors (Lipinski definition) is 5. The van der Waals surface area contributed by atoms with Gasteiger partial charge in [0.05, 0.1) is 4.88 Å². The number of anilines is 3. The van der Waals surface area contributed by atoms with E-state index in [1.54, 1.807) is 6.20 Å². The Hall–Kier alpha value is -4.19. The lowest BCUT2D eigenvalue weighted by Crippen LogP contribution is -2.08. The van der Waals surface area contributed by atoms with E-state index in [0.29, 0.717) is 5.57 Å². The Kier molecular flexibility index (Phi) is 5.66. The highest BCUT2D eigenvalue weighted by atomic mass is 32.1. The minimum Gasteiger partial charge on any atom is -0.286 e. The molecule has 0 fully saturated rings. The second kappa shape index (κ2) is 8.87. The van der Waals surface area contributed by atoms with Gasteiger partial charge in [-0.2, -0.15) is 10.5 Å². The van der Waals surface area contributed by atoms with E-state index in [9.17, 15) is 10.5 Å². The van der Waals surface area contributed by atoms with E-state index < -0.39 is 0 Å². The lowest BCUT2D eigenvalue weighted by Gasteiger charge is -2.22. The maximum Gasteiger partial charge on any atom is 0.195 e. The van der Waals surface area contributed by atoms with Crippen LogP contribution in [0.2, 0.25) is 0 Å². The van der Waals surface area contributed by atoms with Crippen molar-refractivity contribution in [3.8, 4) is 12.1 Å². The van der Waals surface area contributed by atoms with Gasteiger partial charge in [-0.3, -0.25) is 4.90 Å². The molecule has 0 aliphatic heterocycles. The number of nitrogens with zero attached hydrogens (tertiary/aromatic N) is 4. The summed E-state index contributed by atoms with van der Waals surface area (Å²) >= 11 is 1.45. The Bertz CT molecular complexity index is 1190. The molecule has 4 nitrogen and oxygen atoms in total. The number of rotatable bonds is 5. The number of hydrogen-bond donors (Lipinski definition) is 0. The predicted octanol–water partition coefficient (Wildman–Crippen LogP) is 6.46. The molecule has 0 aliphatic rings. The first-order chi connectivity index (χ1) is 14.8. The van der Waals surface area contributed by atoms with Crippen molar-refractivity contribution >= 4 is 33.4 Å². The summed E-state index contributed by atoms with van der Waals surface area (Å²) in [6.45, 7) is 0. The summed E-state index contributed by atoms with van der Waals surface area (Å²) < 4.78 is 0. The lowest BCUT2D eigenvalue weighted by molar-refractivity contribution is 1.23. The third-order valence-electron chi connectivity index (χ3n) is 4.50. The Morgan fingerprint density at radius 2 is 1.23 bits per heavy atom. The Morgan fingerprint density at radius 3 is 1.73 bits per heavy atom. The summed E-state index contributed by atoms with van der Waals surface area (Å²) in [7, 11) is 0. The van der Waals surface area contributed by atoms with Gasteiger partial charge >= 0.3 is 0 Å². The van der Waals surface area contributed by atoms with E-state index in [2.05, 4.69) is 9.88 Å². The van der Waals surface area contributed by atoms with Crippen LogP contribution in [0.1, 0.15) is 10.4 Å². The SMILES string of the molecule is N#CC(C#N)=C(c1ccccc1)c1cnc(N(c2ccccc2)c2ccccc2)s1. The van der Waals surface area contributed by atoms with Gasteiger partial charge < -0.3 is 0 Å². The van der Waals surface area contributed by atoms with Crippen molar-refractivity contribution < 1.29 is 0 Å². The highest BCUT2D eigenvalue weighted by Crippen LogP contribution is 2.40. The van der Waals surface area contributed by atoms with Crippen molar-refractivity contribution in [3.63, 3.8) is 0 Å². The molecule has 0 unspecified atom stereocenters. The van der Waals surface area contributed by atoms with Crippen molar-refractivity contribution in [3.05, 3.63) is 113 Å². The third-order valence-corrected chi connectivity index (χ3v) is 5.50. The molecule has 4 aromatic rings. The minimum atomic E-state index is 0.0716. The van der Waals surface area contributed by atoms with Crippen LogP contribution in [0.15, 0.2) is 103 Å². The summed E-state index contributed by atoms with van der Waals surface area (Å²) in [5, 5.41) is 19.8. The van der Waals surface area contributed by atoms with E-state index in [1.165, 1.54) is 11.3 Å². The maximum absolute atomic E-state index is 9.53. The van der Waals surface area contributed by atoms with Gasteiger partial charge in [-0.25, -0.2) is 4.98 Å². The molecule has 30 heavy (non-hydrogen) atoms. The summed E-state index contributed by atoms with van der Waals surface area (Å²) in [6.07, 6.45) is 1.73. The van der Waals surface area contributed by atoms with Gasteiger partial charge in [0.25, 0.3) is 0 Å². The predicted molar refractivity (Wildman–Crippen MR) is 120 cm³/mol. The monoisotopic (exact) mass is 404 g/mol. The molecule has 0 aliphatic carbocycles. The van der Waals surface area contributed by atoms with Gasteiger partial charge in [-0.05, 0) is 29.8 Å². The fraction of sp³-hybridized carbons (Fsp3) is 0. The van der Waals surface area contributed by atoms with E-state index in [0.717, 1.165) is 26.9 Å². The van der Waals surface area contributed by atoms with Crippen molar-refractivity contribution in [2.45, 2.75) is 0 Å². The van der Waals surface area contributed by atoms with Crippen LogP contribution in [0.3, 0.4) is 0 Å². The first kappa shape index (κ1) is 19.1. The molecule has 4 rings (SSSR count). The molecule has 0 spiro atoms. The lowest BCUT2D eigenvalue weighted by atomic mass is 10.0. The van der Waals surface area contributed by atoms with Crippen LogP contribution >= 0.6 is 11.3 Å². The molecule has 1 aromatic heterocycles. The zero-order valence-electron chi connectivity index (χ0n) is 15.9. The number of allylic oxidation sites excluding steroid dienone is 1. The van der Waals surface area contributed by atoms with Gasteiger partial charge in [0.15, 0.2) is 5.13 Å². The molecule has 0 radical (unpaired) electrons. The van der Waals surface area contributed by atoms with Crippen LogP contribution < -0.4 is 4.90 Å². The van der Waals surface area contributed by atoms with Crippen molar-refractivity contribution in [1.82, 2.24) is 4.98 Å². The second-order valence-corrected chi connectivity index (χ2v) is 7.36. The number of thiazole rings is 1. The normalized spacial score (nSPS) is 9.93. The van der Waals surface area contributed by atoms with Crippen LogP contribution in [0.4, 0.5) is 16.5 Å². The topological polar surface area (TPSA) is 63.7 Å². The Balaban J connectivity index is 1.86. The molecule has 0 amide bonds. The molecule has 0 atom stereocenters. The zero-order chi connectivity index (χ0) is 20.8. The number of benzene rings is 3. The molecule has 0 saturated carbocycles. The quantitative estimate of drug-likeness (QED) is 0.358. The summed E-state index contributed by atoms with van der Waals surface area (Å²) in [4.78, 5) is 7.49. The average Bonchev–Trinajstić information content (AvgIpc) is 3.28. The number of aromatic nitrogens is 1. The largest absolute Gasteiger partial charge is 0.286 e. The van der Waals surface area contributed by atoms with Crippen molar-refractivity contribution in [2.75, 3.05) is 4.90 Å². The molecule has 142 valence electrons. The van der Waals surface area contributed by atoms with E-state index in [1.807, 2.05) is 103 Å². The molecule has 0 N–H and O–H groups in total. The Morgan fingerprint density at radius 1 is 0.733 bits per heavy atom. The molecule has 0 saturated heterocycles. The first-order valence-corrected chi connectivity index (χ1v) is 10.1. The Labute approximate surface area is 179 Å². The third kappa shape index (κ3) is 3.84. The summed E-state index contributed by atoms with van der Waals surface area (Å²) in [6, 6.07) is 33.5. The zero-order valence-corrected chi connectivity index (χ0v) is 16.8. The van der Waals surface area contributed by atoms with Gasteiger partial charge in [-0.1, -0.05) is 78.1 Å². The average molecular weight is 404 g/mol. The van der Waals surface area contributed by atoms with E-state index in [-0.39, 0.29) is 5.57 Å².